The fourth-order valence-corrected chi connectivity index (χ4v) is 3.46. The molecule has 2 rings (SSSR count). The Hall–Kier alpha value is -2.82. The van der Waals surface area contributed by atoms with Crippen molar-refractivity contribution in [3.63, 3.8) is 0 Å². The largest absolute Gasteiger partial charge is 0.483 e. The predicted molar refractivity (Wildman–Crippen MR) is 125 cm³/mol. The van der Waals surface area contributed by atoms with Gasteiger partial charge in [-0.25, -0.2) is 0 Å². The van der Waals surface area contributed by atoms with Gasteiger partial charge in [0.1, 0.15) is 11.8 Å². The molecule has 0 saturated heterocycles. The van der Waals surface area contributed by atoms with Crippen molar-refractivity contribution in [2.24, 2.45) is 0 Å². The maximum atomic E-state index is 13.2. The van der Waals surface area contributed by atoms with E-state index in [1.165, 1.54) is 0 Å². The number of carbonyl (C=O) groups is 2. The van der Waals surface area contributed by atoms with Crippen LogP contribution in [0.1, 0.15) is 54.5 Å². The zero-order valence-corrected chi connectivity index (χ0v) is 19.7. The van der Waals surface area contributed by atoms with Gasteiger partial charge in [0.2, 0.25) is 5.91 Å². The summed E-state index contributed by atoms with van der Waals surface area (Å²) in [6.45, 7) is 12.8. The van der Waals surface area contributed by atoms with E-state index in [-0.39, 0.29) is 18.4 Å². The number of aryl methyl sites for hydroxylation is 3. The van der Waals surface area contributed by atoms with Crippen LogP contribution in [0.5, 0.6) is 5.75 Å². The summed E-state index contributed by atoms with van der Waals surface area (Å²) < 4.78 is 5.91. The fraction of sp³-hybridized carbons (Fsp3) is 0.462. The average Bonchev–Trinajstić information content (AvgIpc) is 2.74. The van der Waals surface area contributed by atoms with Crippen molar-refractivity contribution in [3.8, 4) is 5.75 Å². The van der Waals surface area contributed by atoms with Crippen LogP contribution in [0, 0.1) is 27.7 Å². The second kappa shape index (κ2) is 11.5. The molecule has 0 radical (unpaired) electrons. The molecule has 0 unspecified atom stereocenters. The first-order chi connectivity index (χ1) is 14.7. The normalized spacial score (nSPS) is 11.7. The van der Waals surface area contributed by atoms with E-state index in [4.69, 9.17) is 4.74 Å². The van der Waals surface area contributed by atoms with Crippen molar-refractivity contribution >= 4 is 11.8 Å². The number of ether oxygens (including phenoxy) is 1. The number of rotatable bonds is 10. The Morgan fingerprint density at radius 3 is 2.45 bits per heavy atom. The molecule has 5 nitrogen and oxygen atoms in total. The molecule has 2 aromatic rings. The highest BCUT2D eigenvalue weighted by Gasteiger charge is 2.27. The quantitative estimate of drug-likeness (QED) is 0.566. The summed E-state index contributed by atoms with van der Waals surface area (Å²) in [5.74, 6) is 0.361. The number of amides is 2. The molecule has 2 aromatic carbocycles. The molecule has 5 heteroatoms. The van der Waals surface area contributed by atoms with Gasteiger partial charge in [-0.2, -0.15) is 0 Å². The molecule has 0 aromatic heterocycles. The van der Waals surface area contributed by atoms with E-state index in [0.29, 0.717) is 18.8 Å². The summed E-state index contributed by atoms with van der Waals surface area (Å²) in [6.07, 6.45) is 1.92. The van der Waals surface area contributed by atoms with Gasteiger partial charge in [0.05, 0.1) is 0 Å². The Morgan fingerprint density at radius 1 is 1.06 bits per heavy atom. The lowest BCUT2D eigenvalue weighted by Crippen LogP contribution is -2.49. The van der Waals surface area contributed by atoms with Crippen molar-refractivity contribution in [2.75, 3.05) is 13.2 Å². The van der Waals surface area contributed by atoms with Crippen LogP contribution in [-0.4, -0.2) is 35.9 Å². The lowest BCUT2D eigenvalue weighted by Gasteiger charge is -2.29. The standard InChI is InChI=1S/C26H36N2O3/c1-7-8-13-27-26(30)22(6)28(16-23-12-10-9-11-19(23)3)25(29)17-31-24-15-18(2)14-20(4)21(24)5/h9-12,14-15,22H,7-8,13,16-17H2,1-6H3,(H,27,30)/t22-/m0/s1. The SMILES string of the molecule is CCCCNC(=O)[C@H](C)N(Cc1ccccc1C)C(=O)COc1cc(C)cc(C)c1C. The Labute approximate surface area is 186 Å². The molecule has 0 heterocycles. The van der Waals surface area contributed by atoms with Gasteiger partial charge in [0, 0.05) is 13.1 Å². The van der Waals surface area contributed by atoms with Gasteiger partial charge in [0.15, 0.2) is 6.61 Å². The smallest absolute Gasteiger partial charge is 0.261 e. The first-order valence-corrected chi connectivity index (χ1v) is 11.1. The third kappa shape index (κ3) is 6.84. The lowest BCUT2D eigenvalue weighted by atomic mass is 10.1. The number of hydrogen-bond donors (Lipinski definition) is 1. The number of nitrogens with one attached hydrogen (secondary N) is 1. The molecule has 31 heavy (non-hydrogen) atoms. The van der Waals surface area contributed by atoms with E-state index >= 15 is 0 Å². The van der Waals surface area contributed by atoms with Gasteiger partial charge < -0.3 is 15.0 Å². The summed E-state index contributed by atoms with van der Waals surface area (Å²) in [5.41, 5.74) is 5.35. The zero-order valence-electron chi connectivity index (χ0n) is 19.7. The summed E-state index contributed by atoms with van der Waals surface area (Å²) in [7, 11) is 0. The summed E-state index contributed by atoms with van der Waals surface area (Å²) in [6, 6.07) is 11.4. The second-order valence-corrected chi connectivity index (χ2v) is 8.26. The maximum Gasteiger partial charge on any atom is 0.261 e. The molecule has 2 amide bonds. The number of benzene rings is 2. The monoisotopic (exact) mass is 424 g/mol. The highest BCUT2D eigenvalue weighted by Crippen LogP contribution is 2.23. The first-order valence-electron chi connectivity index (χ1n) is 11.1. The third-order valence-corrected chi connectivity index (χ3v) is 5.71. The van der Waals surface area contributed by atoms with Crippen LogP contribution in [0.4, 0.5) is 0 Å². The van der Waals surface area contributed by atoms with Crippen LogP contribution < -0.4 is 10.1 Å². The van der Waals surface area contributed by atoms with Crippen molar-refractivity contribution in [1.82, 2.24) is 10.2 Å². The van der Waals surface area contributed by atoms with Gasteiger partial charge in [0.25, 0.3) is 5.91 Å². The van der Waals surface area contributed by atoms with E-state index in [2.05, 4.69) is 18.3 Å². The third-order valence-electron chi connectivity index (χ3n) is 5.71. The van der Waals surface area contributed by atoms with E-state index in [1.54, 1.807) is 11.8 Å². The van der Waals surface area contributed by atoms with Crippen LogP contribution in [0.3, 0.4) is 0 Å². The van der Waals surface area contributed by atoms with Gasteiger partial charge in [-0.15, -0.1) is 0 Å². The van der Waals surface area contributed by atoms with Gasteiger partial charge >= 0.3 is 0 Å². The molecule has 0 spiro atoms. The molecule has 1 N–H and O–H groups in total. The second-order valence-electron chi connectivity index (χ2n) is 8.26. The Kier molecular flexibility index (Phi) is 9.10. The number of hydrogen-bond acceptors (Lipinski definition) is 3. The van der Waals surface area contributed by atoms with Gasteiger partial charge in [-0.3, -0.25) is 9.59 Å². The van der Waals surface area contributed by atoms with Crippen LogP contribution in [0.15, 0.2) is 36.4 Å². The molecule has 0 aliphatic carbocycles. The Bertz CT molecular complexity index is 908. The minimum Gasteiger partial charge on any atom is -0.483 e. The average molecular weight is 425 g/mol. The number of nitrogens with zero attached hydrogens (tertiary/aromatic N) is 1. The minimum atomic E-state index is -0.590. The van der Waals surface area contributed by atoms with Gasteiger partial charge in [-0.05, 0) is 74.9 Å². The molecular weight excluding hydrogens is 388 g/mol. The molecule has 1 atom stereocenters. The van der Waals surface area contributed by atoms with E-state index in [1.807, 2.05) is 58.0 Å². The fourth-order valence-electron chi connectivity index (χ4n) is 3.46. The number of unbranched alkanes of at least 4 members (excludes halogenated alkanes) is 1. The molecule has 0 aliphatic rings. The highest BCUT2D eigenvalue weighted by atomic mass is 16.5. The molecule has 0 fully saturated rings. The minimum absolute atomic E-state index is 0.109. The molecule has 0 saturated carbocycles. The molecule has 168 valence electrons. The van der Waals surface area contributed by atoms with Crippen LogP contribution in [0.25, 0.3) is 0 Å². The molecule has 0 aliphatic heterocycles. The highest BCUT2D eigenvalue weighted by molar-refractivity contribution is 5.88. The van der Waals surface area contributed by atoms with Crippen LogP contribution >= 0.6 is 0 Å². The first kappa shape index (κ1) is 24.4. The van der Waals surface area contributed by atoms with E-state index in [0.717, 1.165) is 40.7 Å². The number of carbonyl (C=O) groups excluding carboxylic acids is 2. The lowest BCUT2D eigenvalue weighted by molar-refractivity contribution is -0.142. The van der Waals surface area contributed by atoms with E-state index < -0.39 is 6.04 Å². The van der Waals surface area contributed by atoms with Crippen molar-refractivity contribution < 1.29 is 14.3 Å². The van der Waals surface area contributed by atoms with Crippen molar-refractivity contribution in [2.45, 2.75) is 67.0 Å². The van der Waals surface area contributed by atoms with Crippen molar-refractivity contribution in [1.29, 1.82) is 0 Å². The van der Waals surface area contributed by atoms with Crippen LogP contribution in [0.2, 0.25) is 0 Å². The molecule has 0 bridgehead atoms. The van der Waals surface area contributed by atoms with E-state index in [9.17, 15) is 9.59 Å². The zero-order chi connectivity index (χ0) is 23.0. The predicted octanol–water partition coefficient (Wildman–Crippen LogP) is 4.63. The maximum absolute atomic E-state index is 13.2. The Balaban J connectivity index is 2.19. The summed E-state index contributed by atoms with van der Waals surface area (Å²) in [4.78, 5) is 27.5. The Morgan fingerprint density at radius 2 is 1.77 bits per heavy atom. The topological polar surface area (TPSA) is 58.6 Å². The molecular formula is C26H36N2O3. The summed E-state index contributed by atoms with van der Waals surface area (Å²) in [5, 5.41) is 2.94. The van der Waals surface area contributed by atoms with Crippen LogP contribution in [-0.2, 0) is 16.1 Å². The van der Waals surface area contributed by atoms with Crippen molar-refractivity contribution in [3.05, 3.63) is 64.2 Å². The van der Waals surface area contributed by atoms with Gasteiger partial charge in [-0.1, -0.05) is 43.7 Å². The summed E-state index contributed by atoms with van der Waals surface area (Å²) >= 11 is 0.